The molecule has 2 heterocycles. The van der Waals surface area contributed by atoms with Crippen molar-refractivity contribution in [2.45, 2.75) is 53.1 Å². The van der Waals surface area contributed by atoms with Gasteiger partial charge in [0.15, 0.2) is 0 Å². The number of aryl methyl sites for hydroxylation is 2. The van der Waals surface area contributed by atoms with Gasteiger partial charge in [0.2, 0.25) is 0 Å². The molecule has 1 aromatic rings. The first-order chi connectivity index (χ1) is 11.2. The third-order valence-electron chi connectivity index (χ3n) is 4.04. The molecule has 0 aliphatic carbocycles. The molecule has 2 amide bonds. The van der Waals surface area contributed by atoms with Crippen LogP contribution in [0, 0.1) is 19.8 Å². The van der Waals surface area contributed by atoms with Gasteiger partial charge in [0.1, 0.15) is 17.1 Å². The van der Waals surface area contributed by atoms with Gasteiger partial charge in [-0.15, -0.1) is 0 Å². The summed E-state index contributed by atoms with van der Waals surface area (Å²) in [5.41, 5.74) is 0.769. The van der Waals surface area contributed by atoms with Crippen molar-refractivity contribution >= 4 is 12.0 Å². The first-order valence-electron chi connectivity index (χ1n) is 8.45. The maximum Gasteiger partial charge on any atom is 0.410 e. The van der Waals surface area contributed by atoms with Gasteiger partial charge in [-0.3, -0.25) is 4.79 Å². The molecule has 2 N–H and O–H groups in total. The summed E-state index contributed by atoms with van der Waals surface area (Å²) in [4.78, 5) is 33.2. The molecule has 7 heteroatoms. The highest BCUT2D eigenvalue weighted by Crippen LogP contribution is 2.19. The summed E-state index contributed by atoms with van der Waals surface area (Å²) in [6, 6.07) is 0. The molecule has 1 saturated heterocycles. The van der Waals surface area contributed by atoms with Crippen molar-refractivity contribution in [2.24, 2.45) is 5.92 Å². The van der Waals surface area contributed by atoms with E-state index in [1.165, 1.54) is 0 Å². The molecule has 1 aromatic heterocycles. The number of aromatic nitrogens is 2. The van der Waals surface area contributed by atoms with Crippen molar-refractivity contribution in [3.63, 3.8) is 0 Å². The maximum atomic E-state index is 12.2. The summed E-state index contributed by atoms with van der Waals surface area (Å²) in [7, 11) is 0. The Kier molecular flexibility index (Phi) is 5.51. The molecule has 134 valence electrons. The molecule has 2 rings (SSSR count). The van der Waals surface area contributed by atoms with Crippen molar-refractivity contribution in [3.05, 3.63) is 17.2 Å². The van der Waals surface area contributed by atoms with Gasteiger partial charge < -0.3 is 19.9 Å². The predicted molar refractivity (Wildman–Crippen MR) is 90.9 cm³/mol. The number of hydrogen-bond acceptors (Lipinski definition) is 4. The van der Waals surface area contributed by atoms with Gasteiger partial charge >= 0.3 is 6.09 Å². The number of aromatic amines is 1. The number of nitrogens with zero attached hydrogens (tertiary/aromatic N) is 2. The predicted octanol–water partition coefficient (Wildman–Crippen LogP) is 2.40. The fraction of sp³-hybridized carbons (Fsp3) is 0.706. The first-order valence-corrected chi connectivity index (χ1v) is 8.45. The molecule has 1 aliphatic heterocycles. The van der Waals surface area contributed by atoms with Gasteiger partial charge in [-0.25, -0.2) is 9.78 Å². The van der Waals surface area contributed by atoms with Crippen LogP contribution in [-0.2, 0) is 4.74 Å². The van der Waals surface area contributed by atoms with Gasteiger partial charge in [0.05, 0.1) is 0 Å². The second kappa shape index (κ2) is 7.23. The Labute approximate surface area is 143 Å². The quantitative estimate of drug-likeness (QED) is 0.887. The van der Waals surface area contributed by atoms with E-state index in [1.54, 1.807) is 4.90 Å². The Morgan fingerprint density at radius 2 is 1.92 bits per heavy atom. The van der Waals surface area contributed by atoms with E-state index in [4.69, 9.17) is 4.74 Å². The van der Waals surface area contributed by atoms with Crippen LogP contribution < -0.4 is 5.32 Å². The van der Waals surface area contributed by atoms with E-state index in [0.717, 1.165) is 24.4 Å². The lowest BCUT2D eigenvalue weighted by molar-refractivity contribution is 0.0183. The highest BCUT2D eigenvalue weighted by Gasteiger charge is 2.27. The van der Waals surface area contributed by atoms with Gasteiger partial charge in [-0.05, 0) is 53.4 Å². The van der Waals surface area contributed by atoms with Crippen molar-refractivity contribution in [2.75, 3.05) is 19.6 Å². The molecule has 0 aromatic carbocycles. The lowest BCUT2D eigenvalue weighted by atomic mass is 9.97. The van der Waals surface area contributed by atoms with E-state index >= 15 is 0 Å². The maximum absolute atomic E-state index is 12.2. The zero-order chi connectivity index (χ0) is 17.9. The number of imidazole rings is 1. The molecular formula is C17H28N4O3. The molecule has 0 atom stereocenters. The molecule has 0 bridgehead atoms. The number of rotatable bonds is 3. The monoisotopic (exact) mass is 336 g/mol. The minimum Gasteiger partial charge on any atom is -0.444 e. The lowest BCUT2D eigenvalue weighted by Gasteiger charge is -2.33. The number of carbonyl (C=O) groups is 2. The Balaban J connectivity index is 1.76. The summed E-state index contributed by atoms with van der Waals surface area (Å²) in [6.45, 7) is 11.2. The van der Waals surface area contributed by atoms with Crippen LogP contribution in [0.2, 0.25) is 0 Å². The largest absolute Gasteiger partial charge is 0.444 e. The Bertz CT molecular complexity index is 595. The Morgan fingerprint density at radius 1 is 1.29 bits per heavy atom. The molecule has 0 radical (unpaired) electrons. The number of piperidine rings is 1. The summed E-state index contributed by atoms with van der Waals surface area (Å²) in [6.07, 6.45) is 1.46. The normalized spacial score (nSPS) is 16.1. The molecule has 0 spiro atoms. The standard InChI is InChI=1S/C17H28N4O3/c1-11-14(20-12(2)19-11)15(22)18-10-13-6-8-21(9-7-13)16(23)24-17(3,4)5/h13H,6-10H2,1-5H3,(H,18,22)(H,19,20). The highest BCUT2D eigenvalue weighted by atomic mass is 16.6. The van der Waals surface area contributed by atoms with Crippen molar-refractivity contribution in [1.82, 2.24) is 20.2 Å². The minimum absolute atomic E-state index is 0.147. The topological polar surface area (TPSA) is 87.3 Å². The van der Waals surface area contributed by atoms with Crippen LogP contribution in [0.3, 0.4) is 0 Å². The van der Waals surface area contributed by atoms with Crippen LogP contribution in [0.5, 0.6) is 0 Å². The van der Waals surface area contributed by atoms with E-state index < -0.39 is 5.60 Å². The Hall–Kier alpha value is -2.05. The van der Waals surface area contributed by atoms with Crippen LogP contribution in [0.1, 0.15) is 55.6 Å². The van der Waals surface area contributed by atoms with Crippen LogP contribution in [0.15, 0.2) is 0 Å². The molecule has 1 aliphatic rings. The number of H-pyrrole nitrogens is 1. The molecule has 1 fully saturated rings. The van der Waals surface area contributed by atoms with E-state index in [9.17, 15) is 9.59 Å². The lowest BCUT2D eigenvalue weighted by Crippen LogP contribution is -2.43. The third kappa shape index (κ3) is 4.97. The minimum atomic E-state index is -0.471. The van der Waals surface area contributed by atoms with Gasteiger partial charge in [-0.1, -0.05) is 0 Å². The first kappa shape index (κ1) is 18.3. The third-order valence-corrected chi connectivity index (χ3v) is 4.04. The number of carbonyl (C=O) groups excluding carboxylic acids is 2. The fourth-order valence-electron chi connectivity index (χ4n) is 2.80. The van der Waals surface area contributed by atoms with Crippen LogP contribution >= 0.6 is 0 Å². The zero-order valence-electron chi connectivity index (χ0n) is 15.2. The number of nitrogens with one attached hydrogen (secondary N) is 2. The number of amides is 2. The van der Waals surface area contributed by atoms with Crippen molar-refractivity contribution in [1.29, 1.82) is 0 Å². The second-order valence-corrected chi connectivity index (χ2v) is 7.42. The molecule has 7 nitrogen and oxygen atoms in total. The summed E-state index contributed by atoms with van der Waals surface area (Å²) >= 11 is 0. The van der Waals surface area contributed by atoms with Gasteiger partial charge in [0, 0.05) is 25.3 Å². The Morgan fingerprint density at radius 3 is 2.42 bits per heavy atom. The van der Waals surface area contributed by atoms with Crippen LogP contribution in [0.25, 0.3) is 0 Å². The summed E-state index contributed by atoms with van der Waals surface area (Å²) in [5.74, 6) is 0.961. The second-order valence-electron chi connectivity index (χ2n) is 7.42. The number of ether oxygens (including phenoxy) is 1. The average Bonchev–Trinajstić information content (AvgIpc) is 2.82. The van der Waals surface area contributed by atoms with Crippen molar-refractivity contribution < 1.29 is 14.3 Å². The van der Waals surface area contributed by atoms with Crippen molar-refractivity contribution in [3.8, 4) is 0 Å². The fourth-order valence-corrected chi connectivity index (χ4v) is 2.80. The van der Waals surface area contributed by atoms with Gasteiger partial charge in [-0.2, -0.15) is 0 Å². The van der Waals surface area contributed by atoms with E-state index in [1.807, 2.05) is 34.6 Å². The molecular weight excluding hydrogens is 308 g/mol. The molecule has 24 heavy (non-hydrogen) atoms. The van der Waals surface area contributed by atoms with E-state index in [2.05, 4.69) is 15.3 Å². The smallest absolute Gasteiger partial charge is 0.410 e. The van der Waals surface area contributed by atoms with Crippen LogP contribution in [0.4, 0.5) is 4.79 Å². The number of hydrogen-bond donors (Lipinski definition) is 2. The average molecular weight is 336 g/mol. The summed E-state index contributed by atoms with van der Waals surface area (Å²) < 4.78 is 5.39. The summed E-state index contributed by atoms with van der Waals surface area (Å²) in [5, 5.41) is 2.95. The van der Waals surface area contributed by atoms with Crippen LogP contribution in [-0.4, -0.2) is 52.1 Å². The molecule has 0 unspecified atom stereocenters. The molecule has 0 saturated carbocycles. The van der Waals surface area contributed by atoms with E-state index in [-0.39, 0.29) is 12.0 Å². The SMILES string of the molecule is Cc1nc(C(=O)NCC2CCN(C(=O)OC(C)(C)C)CC2)c(C)[nH]1. The van der Waals surface area contributed by atoms with Gasteiger partial charge in [0.25, 0.3) is 5.91 Å². The zero-order valence-corrected chi connectivity index (χ0v) is 15.2. The van der Waals surface area contributed by atoms with E-state index in [0.29, 0.717) is 31.2 Å². The number of likely N-dealkylation sites (tertiary alicyclic amines) is 1. The highest BCUT2D eigenvalue weighted by molar-refractivity contribution is 5.93.